The third kappa shape index (κ3) is 8.19. The highest BCUT2D eigenvalue weighted by molar-refractivity contribution is 5.93. The molecule has 0 saturated carbocycles. The Labute approximate surface area is 151 Å². The van der Waals surface area contributed by atoms with Crippen LogP contribution in [0.25, 0.3) is 0 Å². The zero-order chi connectivity index (χ0) is 18.8. The third-order valence-electron chi connectivity index (χ3n) is 4.09. The summed E-state index contributed by atoms with van der Waals surface area (Å²) in [5, 5.41) is 0. The molecular weight excluding hydrogens is 316 g/mol. The molecule has 4 nitrogen and oxygen atoms in total. The molecular formula is C21H32O4. The average molecular weight is 348 g/mol. The van der Waals surface area contributed by atoms with Crippen molar-refractivity contribution >= 4 is 11.9 Å². The maximum atomic E-state index is 12.1. The zero-order valence-corrected chi connectivity index (χ0v) is 16.2. The lowest BCUT2D eigenvalue weighted by molar-refractivity contribution is 0.0301. The average Bonchev–Trinajstić information content (AvgIpc) is 2.58. The molecule has 1 aromatic carbocycles. The molecule has 0 fully saturated rings. The van der Waals surface area contributed by atoms with Crippen molar-refractivity contribution in [3.05, 3.63) is 35.4 Å². The third-order valence-corrected chi connectivity index (χ3v) is 4.09. The van der Waals surface area contributed by atoms with Crippen molar-refractivity contribution in [2.24, 2.45) is 5.92 Å². The second-order valence-electron chi connectivity index (χ2n) is 7.12. The summed E-state index contributed by atoms with van der Waals surface area (Å²) < 4.78 is 10.8. The largest absolute Gasteiger partial charge is 0.459 e. The van der Waals surface area contributed by atoms with Crippen LogP contribution in [-0.4, -0.2) is 24.1 Å². The van der Waals surface area contributed by atoms with Crippen LogP contribution in [0.1, 0.15) is 87.4 Å². The van der Waals surface area contributed by atoms with Crippen molar-refractivity contribution in [2.45, 2.75) is 78.9 Å². The summed E-state index contributed by atoms with van der Waals surface area (Å²) in [4.78, 5) is 24.2. The summed E-state index contributed by atoms with van der Waals surface area (Å²) in [6.45, 7) is 10.2. The highest BCUT2D eigenvalue weighted by atomic mass is 16.5. The Morgan fingerprint density at radius 2 is 1.24 bits per heavy atom. The van der Waals surface area contributed by atoms with E-state index in [0.717, 1.165) is 32.1 Å². The van der Waals surface area contributed by atoms with Crippen LogP contribution in [0.4, 0.5) is 0 Å². The maximum absolute atomic E-state index is 12.1. The van der Waals surface area contributed by atoms with Gasteiger partial charge in [0.25, 0.3) is 0 Å². The molecule has 0 bridgehead atoms. The predicted molar refractivity (Wildman–Crippen MR) is 99.8 cm³/mol. The molecule has 0 amide bonds. The molecule has 0 aliphatic rings. The van der Waals surface area contributed by atoms with E-state index in [0.29, 0.717) is 17.0 Å². The molecule has 4 heteroatoms. The normalized spacial score (nSPS) is 13.4. The van der Waals surface area contributed by atoms with Gasteiger partial charge >= 0.3 is 11.9 Å². The molecule has 0 N–H and O–H groups in total. The minimum atomic E-state index is -0.354. The minimum Gasteiger partial charge on any atom is -0.459 e. The molecule has 0 heterocycles. The molecule has 1 aromatic rings. The number of carbonyl (C=O) groups excluding carboxylic acids is 2. The highest BCUT2D eigenvalue weighted by Crippen LogP contribution is 2.14. The van der Waals surface area contributed by atoms with Crippen molar-refractivity contribution in [1.82, 2.24) is 0 Å². The van der Waals surface area contributed by atoms with Crippen LogP contribution in [0, 0.1) is 5.92 Å². The number of rotatable bonds is 10. The van der Waals surface area contributed by atoms with E-state index in [2.05, 4.69) is 20.8 Å². The van der Waals surface area contributed by atoms with Crippen molar-refractivity contribution in [1.29, 1.82) is 0 Å². The van der Waals surface area contributed by atoms with E-state index in [1.54, 1.807) is 24.3 Å². The molecule has 140 valence electrons. The molecule has 0 aliphatic heterocycles. The first kappa shape index (κ1) is 21.2. The van der Waals surface area contributed by atoms with E-state index in [4.69, 9.17) is 9.47 Å². The summed E-state index contributed by atoms with van der Waals surface area (Å²) in [7, 11) is 0. The van der Waals surface area contributed by atoms with Crippen molar-refractivity contribution in [3.8, 4) is 0 Å². The number of unbranched alkanes of at least 4 members (excludes halogenated alkanes) is 1. The molecule has 0 radical (unpaired) electrons. The first-order valence-corrected chi connectivity index (χ1v) is 9.35. The topological polar surface area (TPSA) is 52.6 Å². The van der Waals surface area contributed by atoms with Gasteiger partial charge in [0.05, 0.1) is 23.3 Å². The monoisotopic (exact) mass is 348 g/mol. The molecule has 0 saturated heterocycles. The summed E-state index contributed by atoms with van der Waals surface area (Å²) in [6.07, 6.45) is 4.64. The van der Waals surface area contributed by atoms with Crippen molar-refractivity contribution in [2.75, 3.05) is 0 Å². The molecule has 0 spiro atoms. The van der Waals surface area contributed by atoms with E-state index < -0.39 is 0 Å². The molecule has 1 rings (SSSR count). The van der Waals surface area contributed by atoms with Crippen LogP contribution in [0.5, 0.6) is 0 Å². The van der Waals surface area contributed by atoms with Crippen molar-refractivity contribution < 1.29 is 19.1 Å². The fourth-order valence-corrected chi connectivity index (χ4v) is 2.42. The fraction of sp³-hybridized carbons (Fsp3) is 0.619. The highest BCUT2D eigenvalue weighted by Gasteiger charge is 2.15. The van der Waals surface area contributed by atoms with Crippen LogP contribution in [0.2, 0.25) is 0 Å². The van der Waals surface area contributed by atoms with Gasteiger partial charge in [0.1, 0.15) is 0 Å². The number of hydrogen-bond acceptors (Lipinski definition) is 4. The lowest BCUT2D eigenvalue weighted by Gasteiger charge is -2.15. The van der Waals surface area contributed by atoms with Gasteiger partial charge in [-0.2, -0.15) is 0 Å². The summed E-state index contributed by atoms with van der Waals surface area (Å²) >= 11 is 0. The van der Waals surface area contributed by atoms with E-state index >= 15 is 0 Å². The summed E-state index contributed by atoms with van der Waals surface area (Å²) in [5.74, 6) is -0.118. The minimum absolute atomic E-state index is 0.0982. The SMILES string of the molecule is CCCCC(C)OC(=O)c1ccc(C(=O)OC(C)CCC(C)C)cc1. The second kappa shape index (κ2) is 10.9. The van der Waals surface area contributed by atoms with Gasteiger partial charge in [0.2, 0.25) is 0 Å². The Kier molecular flexibility index (Phi) is 9.25. The predicted octanol–water partition coefficient (Wildman–Crippen LogP) is 5.40. The Bertz CT molecular complexity index is 533. The van der Waals surface area contributed by atoms with E-state index in [-0.39, 0.29) is 24.1 Å². The lowest BCUT2D eigenvalue weighted by atomic mass is 10.1. The van der Waals surface area contributed by atoms with E-state index in [1.165, 1.54) is 0 Å². The van der Waals surface area contributed by atoms with Gasteiger partial charge < -0.3 is 9.47 Å². The first-order chi connectivity index (χ1) is 11.8. The van der Waals surface area contributed by atoms with Crippen LogP contribution in [0.3, 0.4) is 0 Å². The Hall–Kier alpha value is -1.84. The summed E-state index contributed by atoms with van der Waals surface area (Å²) in [5.41, 5.74) is 0.903. The second-order valence-corrected chi connectivity index (χ2v) is 7.12. The van der Waals surface area contributed by atoms with Crippen molar-refractivity contribution in [3.63, 3.8) is 0 Å². The molecule has 0 aromatic heterocycles. The summed E-state index contributed by atoms with van der Waals surface area (Å²) in [6, 6.07) is 6.46. The smallest absolute Gasteiger partial charge is 0.338 e. The van der Waals surface area contributed by atoms with Crippen LogP contribution < -0.4 is 0 Å². The maximum Gasteiger partial charge on any atom is 0.338 e. The number of ether oxygens (including phenoxy) is 2. The first-order valence-electron chi connectivity index (χ1n) is 9.35. The quantitative estimate of drug-likeness (QED) is 0.531. The molecule has 25 heavy (non-hydrogen) atoms. The van der Waals surface area contributed by atoms with Crippen LogP contribution in [-0.2, 0) is 9.47 Å². The van der Waals surface area contributed by atoms with Crippen LogP contribution in [0.15, 0.2) is 24.3 Å². The van der Waals surface area contributed by atoms with E-state index in [9.17, 15) is 9.59 Å². The Morgan fingerprint density at radius 3 is 1.64 bits per heavy atom. The van der Waals surface area contributed by atoms with Gasteiger partial charge in [-0.25, -0.2) is 9.59 Å². The van der Waals surface area contributed by atoms with E-state index in [1.807, 2.05) is 13.8 Å². The number of esters is 2. The number of benzene rings is 1. The Morgan fingerprint density at radius 1 is 0.800 bits per heavy atom. The number of hydrogen-bond donors (Lipinski definition) is 0. The number of carbonyl (C=O) groups is 2. The molecule has 2 atom stereocenters. The zero-order valence-electron chi connectivity index (χ0n) is 16.2. The fourth-order valence-electron chi connectivity index (χ4n) is 2.42. The molecule has 2 unspecified atom stereocenters. The van der Waals surface area contributed by atoms with Gasteiger partial charge in [-0.05, 0) is 63.3 Å². The van der Waals surface area contributed by atoms with Gasteiger partial charge in [-0.3, -0.25) is 0 Å². The van der Waals surface area contributed by atoms with Gasteiger partial charge in [0.15, 0.2) is 0 Å². The standard InChI is InChI=1S/C21H32O4/c1-6-7-8-16(4)24-20(22)18-11-13-19(14-12-18)21(23)25-17(5)10-9-15(2)3/h11-17H,6-10H2,1-5H3. The Balaban J connectivity index is 2.54. The van der Waals surface area contributed by atoms with Gasteiger partial charge in [-0.15, -0.1) is 0 Å². The van der Waals surface area contributed by atoms with Gasteiger partial charge in [0, 0.05) is 0 Å². The van der Waals surface area contributed by atoms with Crippen LogP contribution >= 0.6 is 0 Å². The van der Waals surface area contributed by atoms with Gasteiger partial charge in [-0.1, -0.05) is 33.6 Å². The molecule has 0 aliphatic carbocycles. The lowest BCUT2D eigenvalue weighted by Crippen LogP contribution is -2.17.